The van der Waals surface area contributed by atoms with Crippen molar-refractivity contribution in [1.82, 2.24) is 15.3 Å². The Balaban J connectivity index is 1.91. The average molecular weight is 273 g/mol. The first-order chi connectivity index (χ1) is 9.61. The number of aromatic nitrogens is 2. The van der Waals surface area contributed by atoms with Crippen molar-refractivity contribution in [2.45, 2.75) is 32.4 Å². The SMILES string of the molecule is Cc1cc(-c2nc(CNC3CC3)cc(=O)[nH]2)ccc1F. The van der Waals surface area contributed by atoms with Crippen molar-refractivity contribution in [2.24, 2.45) is 0 Å². The van der Waals surface area contributed by atoms with E-state index in [9.17, 15) is 9.18 Å². The van der Waals surface area contributed by atoms with Crippen LogP contribution >= 0.6 is 0 Å². The van der Waals surface area contributed by atoms with Crippen LogP contribution in [0.4, 0.5) is 4.39 Å². The van der Waals surface area contributed by atoms with Gasteiger partial charge in [-0.25, -0.2) is 9.37 Å². The molecule has 20 heavy (non-hydrogen) atoms. The topological polar surface area (TPSA) is 57.8 Å². The highest BCUT2D eigenvalue weighted by Gasteiger charge is 2.20. The van der Waals surface area contributed by atoms with Gasteiger partial charge < -0.3 is 10.3 Å². The third-order valence-electron chi connectivity index (χ3n) is 3.38. The quantitative estimate of drug-likeness (QED) is 0.897. The van der Waals surface area contributed by atoms with Crippen LogP contribution in [0.2, 0.25) is 0 Å². The summed E-state index contributed by atoms with van der Waals surface area (Å²) in [6.45, 7) is 2.28. The van der Waals surface area contributed by atoms with Crippen LogP contribution in [0.5, 0.6) is 0 Å². The second kappa shape index (κ2) is 5.17. The molecule has 4 nitrogen and oxygen atoms in total. The zero-order chi connectivity index (χ0) is 14.1. The van der Waals surface area contributed by atoms with Crippen molar-refractivity contribution in [3.63, 3.8) is 0 Å². The Bertz CT molecular complexity index is 692. The molecule has 3 rings (SSSR count). The molecule has 104 valence electrons. The Morgan fingerprint density at radius 3 is 2.90 bits per heavy atom. The fourth-order valence-corrected chi connectivity index (χ4v) is 2.06. The summed E-state index contributed by atoms with van der Waals surface area (Å²) in [5, 5.41) is 3.32. The van der Waals surface area contributed by atoms with Crippen LogP contribution in [-0.2, 0) is 6.54 Å². The highest BCUT2D eigenvalue weighted by molar-refractivity contribution is 5.56. The van der Waals surface area contributed by atoms with Crippen LogP contribution in [0.25, 0.3) is 11.4 Å². The normalized spacial score (nSPS) is 14.5. The predicted molar refractivity (Wildman–Crippen MR) is 74.9 cm³/mol. The van der Waals surface area contributed by atoms with E-state index in [1.807, 2.05) is 0 Å². The van der Waals surface area contributed by atoms with E-state index in [2.05, 4.69) is 15.3 Å². The van der Waals surface area contributed by atoms with Gasteiger partial charge in [0.1, 0.15) is 11.6 Å². The molecule has 0 amide bonds. The Kier molecular flexibility index (Phi) is 3.36. The van der Waals surface area contributed by atoms with E-state index >= 15 is 0 Å². The zero-order valence-electron chi connectivity index (χ0n) is 11.2. The molecule has 0 saturated heterocycles. The second-order valence-electron chi connectivity index (χ2n) is 5.20. The second-order valence-corrected chi connectivity index (χ2v) is 5.20. The van der Waals surface area contributed by atoms with Gasteiger partial charge in [-0.2, -0.15) is 0 Å². The minimum Gasteiger partial charge on any atom is -0.308 e. The average Bonchev–Trinajstić information content (AvgIpc) is 3.23. The van der Waals surface area contributed by atoms with Gasteiger partial charge in [0.05, 0.1) is 5.69 Å². The smallest absolute Gasteiger partial charge is 0.251 e. The molecule has 1 fully saturated rings. The Morgan fingerprint density at radius 2 is 2.20 bits per heavy atom. The Hall–Kier alpha value is -2.01. The molecule has 0 unspecified atom stereocenters. The summed E-state index contributed by atoms with van der Waals surface area (Å²) >= 11 is 0. The van der Waals surface area contributed by atoms with Gasteiger partial charge in [-0.05, 0) is 43.5 Å². The van der Waals surface area contributed by atoms with Gasteiger partial charge in [-0.1, -0.05) is 0 Å². The molecule has 0 spiro atoms. The molecule has 1 aliphatic rings. The molecular formula is C15H16FN3O. The van der Waals surface area contributed by atoms with Crippen molar-refractivity contribution in [3.8, 4) is 11.4 Å². The lowest BCUT2D eigenvalue weighted by molar-refractivity contribution is 0.618. The van der Waals surface area contributed by atoms with Crippen molar-refractivity contribution in [3.05, 3.63) is 51.7 Å². The lowest BCUT2D eigenvalue weighted by Crippen LogP contribution is -2.19. The van der Waals surface area contributed by atoms with Gasteiger partial charge in [0.15, 0.2) is 0 Å². The number of nitrogens with zero attached hydrogens (tertiary/aromatic N) is 1. The molecule has 1 saturated carbocycles. The highest BCUT2D eigenvalue weighted by atomic mass is 19.1. The van der Waals surface area contributed by atoms with E-state index in [4.69, 9.17) is 0 Å². The van der Waals surface area contributed by atoms with Crippen LogP contribution in [0.3, 0.4) is 0 Å². The van der Waals surface area contributed by atoms with Crippen molar-refractivity contribution in [1.29, 1.82) is 0 Å². The third-order valence-corrected chi connectivity index (χ3v) is 3.38. The molecule has 0 aliphatic heterocycles. The van der Waals surface area contributed by atoms with Gasteiger partial charge in [-0.15, -0.1) is 0 Å². The molecule has 2 aromatic rings. The molecule has 5 heteroatoms. The molecule has 0 radical (unpaired) electrons. The Morgan fingerprint density at radius 1 is 1.40 bits per heavy atom. The molecule has 1 aliphatic carbocycles. The third kappa shape index (κ3) is 2.93. The molecule has 1 heterocycles. The number of nitrogens with one attached hydrogen (secondary N) is 2. The van der Waals surface area contributed by atoms with Gasteiger partial charge in [-0.3, -0.25) is 4.79 Å². The lowest BCUT2D eigenvalue weighted by Gasteiger charge is -2.06. The number of H-pyrrole nitrogens is 1. The van der Waals surface area contributed by atoms with Crippen LogP contribution in [-0.4, -0.2) is 16.0 Å². The molecule has 0 bridgehead atoms. The summed E-state index contributed by atoms with van der Waals surface area (Å²) in [7, 11) is 0. The summed E-state index contributed by atoms with van der Waals surface area (Å²) in [5.41, 5.74) is 1.77. The van der Waals surface area contributed by atoms with E-state index in [0.717, 1.165) is 0 Å². The zero-order valence-corrected chi connectivity index (χ0v) is 11.2. The van der Waals surface area contributed by atoms with Crippen LogP contribution in [0, 0.1) is 12.7 Å². The molecule has 1 aromatic carbocycles. The summed E-state index contributed by atoms with van der Waals surface area (Å²) in [4.78, 5) is 18.8. The van der Waals surface area contributed by atoms with Crippen LogP contribution in [0.15, 0.2) is 29.1 Å². The highest BCUT2D eigenvalue weighted by Crippen LogP contribution is 2.20. The minimum atomic E-state index is -0.261. The molecular weight excluding hydrogens is 257 g/mol. The molecule has 1 aromatic heterocycles. The molecule has 0 atom stereocenters. The summed E-state index contributed by atoms with van der Waals surface area (Å²) in [5.74, 6) is 0.218. The maximum atomic E-state index is 13.3. The fourth-order valence-electron chi connectivity index (χ4n) is 2.06. The van der Waals surface area contributed by atoms with E-state index < -0.39 is 0 Å². The number of aryl methyl sites for hydroxylation is 1. The van der Waals surface area contributed by atoms with Gasteiger partial charge in [0.2, 0.25) is 0 Å². The van der Waals surface area contributed by atoms with E-state index in [-0.39, 0.29) is 11.4 Å². The van der Waals surface area contributed by atoms with Gasteiger partial charge in [0, 0.05) is 24.2 Å². The standard InChI is InChI=1S/C15H16FN3O/c1-9-6-10(2-5-13(9)16)15-18-12(7-14(20)19-15)8-17-11-3-4-11/h2,5-7,11,17H,3-4,8H2,1H3,(H,18,19,20). The van der Waals surface area contributed by atoms with Crippen LogP contribution in [0.1, 0.15) is 24.1 Å². The van der Waals surface area contributed by atoms with Crippen molar-refractivity contribution >= 4 is 0 Å². The lowest BCUT2D eigenvalue weighted by atomic mass is 10.1. The first-order valence-corrected chi connectivity index (χ1v) is 6.72. The summed E-state index contributed by atoms with van der Waals surface area (Å²) < 4.78 is 13.3. The minimum absolute atomic E-state index is 0.190. The number of aromatic amines is 1. The number of halogens is 1. The van der Waals surface area contributed by atoms with Gasteiger partial charge >= 0.3 is 0 Å². The van der Waals surface area contributed by atoms with E-state index in [1.54, 1.807) is 19.1 Å². The number of hydrogen-bond donors (Lipinski definition) is 2. The van der Waals surface area contributed by atoms with Crippen molar-refractivity contribution < 1.29 is 4.39 Å². The monoisotopic (exact) mass is 273 g/mol. The van der Waals surface area contributed by atoms with E-state index in [1.165, 1.54) is 25.0 Å². The van der Waals surface area contributed by atoms with Crippen LogP contribution < -0.4 is 10.9 Å². The van der Waals surface area contributed by atoms with Crippen molar-refractivity contribution in [2.75, 3.05) is 0 Å². The summed E-state index contributed by atoms with van der Waals surface area (Å²) in [6, 6.07) is 6.76. The first kappa shape index (κ1) is 13.0. The Labute approximate surface area is 116 Å². The predicted octanol–water partition coefficient (Wildman–Crippen LogP) is 2.14. The maximum Gasteiger partial charge on any atom is 0.251 e. The maximum absolute atomic E-state index is 13.3. The largest absolute Gasteiger partial charge is 0.308 e. The number of rotatable bonds is 4. The molecule has 2 N–H and O–H groups in total. The fraction of sp³-hybridized carbons (Fsp3) is 0.333. The van der Waals surface area contributed by atoms with E-state index in [0.29, 0.717) is 35.2 Å². The first-order valence-electron chi connectivity index (χ1n) is 6.72. The van der Waals surface area contributed by atoms with Gasteiger partial charge in [0.25, 0.3) is 5.56 Å². The summed E-state index contributed by atoms with van der Waals surface area (Å²) in [6.07, 6.45) is 2.38. The number of hydrogen-bond acceptors (Lipinski definition) is 3. The number of benzene rings is 1.